The molecule has 0 saturated heterocycles. The third kappa shape index (κ3) is 3.43. The summed E-state index contributed by atoms with van der Waals surface area (Å²) in [5.41, 5.74) is 0.681. The molecule has 6 nitrogen and oxygen atoms in total. The quantitative estimate of drug-likeness (QED) is 0.898. The third-order valence-electron chi connectivity index (χ3n) is 4.32. The standard InChI is InChI=1S/C15H22N2O4/c1-4-10-6-12(13(7-10)15(19)20)14(18)17(3)8-11-5-9(2)21-16-11/h5,10,12-13H,4,6-8H2,1-3H3,(H,19,20). The van der Waals surface area contributed by atoms with E-state index in [4.69, 9.17) is 4.52 Å². The van der Waals surface area contributed by atoms with Crippen LogP contribution < -0.4 is 0 Å². The Bertz CT molecular complexity index is 525. The van der Waals surface area contributed by atoms with Crippen LogP contribution in [0.4, 0.5) is 0 Å². The second-order valence-electron chi connectivity index (χ2n) is 5.92. The van der Waals surface area contributed by atoms with E-state index >= 15 is 0 Å². The molecule has 0 spiro atoms. The van der Waals surface area contributed by atoms with Gasteiger partial charge in [-0.1, -0.05) is 18.5 Å². The Morgan fingerprint density at radius 1 is 1.43 bits per heavy atom. The van der Waals surface area contributed by atoms with Gasteiger partial charge in [-0.2, -0.15) is 0 Å². The van der Waals surface area contributed by atoms with Gasteiger partial charge in [-0.3, -0.25) is 9.59 Å². The molecule has 1 saturated carbocycles. The zero-order valence-corrected chi connectivity index (χ0v) is 12.7. The first-order valence-corrected chi connectivity index (χ1v) is 7.32. The minimum atomic E-state index is -0.866. The Hall–Kier alpha value is -1.85. The molecule has 3 unspecified atom stereocenters. The average molecular weight is 294 g/mol. The highest BCUT2D eigenvalue weighted by atomic mass is 16.5. The molecule has 0 aliphatic heterocycles. The summed E-state index contributed by atoms with van der Waals surface area (Å²) in [6.45, 7) is 4.18. The summed E-state index contributed by atoms with van der Waals surface area (Å²) in [6.07, 6.45) is 2.17. The number of nitrogens with zero attached hydrogens (tertiary/aromatic N) is 2. The van der Waals surface area contributed by atoms with Crippen molar-refractivity contribution >= 4 is 11.9 Å². The minimum absolute atomic E-state index is 0.112. The zero-order valence-electron chi connectivity index (χ0n) is 12.7. The number of carbonyl (C=O) groups is 2. The highest BCUT2D eigenvalue weighted by Gasteiger charge is 2.43. The lowest BCUT2D eigenvalue weighted by Gasteiger charge is -2.22. The highest BCUT2D eigenvalue weighted by molar-refractivity contribution is 5.85. The first-order valence-electron chi connectivity index (χ1n) is 7.32. The summed E-state index contributed by atoms with van der Waals surface area (Å²) >= 11 is 0. The largest absolute Gasteiger partial charge is 0.481 e. The molecule has 0 radical (unpaired) electrons. The Kier molecular flexibility index (Phi) is 4.65. The van der Waals surface area contributed by atoms with Crippen molar-refractivity contribution in [3.8, 4) is 0 Å². The molecule has 1 aromatic rings. The van der Waals surface area contributed by atoms with Crippen molar-refractivity contribution in [2.24, 2.45) is 17.8 Å². The fourth-order valence-electron chi connectivity index (χ4n) is 3.12. The molecule has 1 fully saturated rings. The Balaban J connectivity index is 2.05. The molecule has 0 bridgehead atoms. The first kappa shape index (κ1) is 15.5. The molecule has 2 rings (SSSR count). The lowest BCUT2D eigenvalue weighted by atomic mass is 9.95. The van der Waals surface area contributed by atoms with Crippen molar-refractivity contribution in [3.63, 3.8) is 0 Å². The van der Waals surface area contributed by atoms with Gasteiger partial charge in [0.15, 0.2) is 0 Å². The third-order valence-corrected chi connectivity index (χ3v) is 4.32. The maximum atomic E-state index is 12.5. The molecule has 1 aromatic heterocycles. The van der Waals surface area contributed by atoms with Crippen LogP contribution >= 0.6 is 0 Å². The van der Waals surface area contributed by atoms with E-state index in [9.17, 15) is 14.7 Å². The fraction of sp³-hybridized carbons (Fsp3) is 0.667. The molecule has 1 aliphatic rings. The van der Waals surface area contributed by atoms with Gasteiger partial charge in [0.05, 0.1) is 18.4 Å². The summed E-state index contributed by atoms with van der Waals surface area (Å²) in [6, 6.07) is 1.78. The van der Waals surface area contributed by atoms with Crippen LogP contribution in [0.25, 0.3) is 0 Å². The molecule has 0 aromatic carbocycles. The lowest BCUT2D eigenvalue weighted by molar-refractivity contribution is -0.148. The number of aromatic nitrogens is 1. The zero-order chi connectivity index (χ0) is 15.6. The summed E-state index contributed by atoms with van der Waals surface area (Å²) in [4.78, 5) is 25.5. The number of rotatable bonds is 5. The normalized spacial score (nSPS) is 25.0. The van der Waals surface area contributed by atoms with Crippen LogP contribution in [0, 0.1) is 24.7 Å². The SMILES string of the molecule is CCC1CC(C(=O)O)C(C(=O)N(C)Cc2cc(C)on2)C1. The monoisotopic (exact) mass is 294 g/mol. The van der Waals surface area contributed by atoms with Gasteiger partial charge in [-0.05, 0) is 25.7 Å². The van der Waals surface area contributed by atoms with Crippen molar-refractivity contribution in [1.82, 2.24) is 10.1 Å². The van der Waals surface area contributed by atoms with Gasteiger partial charge in [0.25, 0.3) is 0 Å². The Morgan fingerprint density at radius 3 is 2.62 bits per heavy atom. The highest BCUT2D eigenvalue weighted by Crippen LogP contribution is 2.39. The van der Waals surface area contributed by atoms with Gasteiger partial charge < -0.3 is 14.5 Å². The van der Waals surface area contributed by atoms with Crippen LogP contribution in [0.15, 0.2) is 10.6 Å². The fourth-order valence-corrected chi connectivity index (χ4v) is 3.12. The number of carboxylic acids is 1. The summed E-state index contributed by atoms with van der Waals surface area (Å²) in [5.74, 6) is -0.952. The van der Waals surface area contributed by atoms with E-state index < -0.39 is 17.8 Å². The molecule has 1 aliphatic carbocycles. The molecule has 3 atom stereocenters. The second kappa shape index (κ2) is 6.28. The number of carbonyl (C=O) groups excluding carboxylic acids is 1. The number of carboxylic acid groups (broad SMARTS) is 1. The van der Waals surface area contributed by atoms with Crippen LogP contribution in [0.2, 0.25) is 0 Å². The molecule has 1 heterocycles. The van der Waals surface area contributed by atoms with Crippen molar-refractivity contribution in [3.05, 3.63) is 17.5 Å². The number of hydrogen-bond acceptors (Lipinski definition) is 4. The maximum absolute atomic E-state index is 12.5. The van der Waals surface area contributed by atoms with Crippen molar-refractivity contribution in [2.45, 2.75) is 39.7 Å². The molecule has 1 amide bonds. The lowest BCUT2D eigenvalue weighted by Crippen LogP contribution is -2.36. The van der Waals surface area contributed by atoms with Crippen LogP contribution in [-0.2, 0) is 16.1 Å². The van der Waals surface area contributed by atoms with E-state index in [1.165, 1.54) is 0 Å². The van der Waals surface area contributed by atoms with E-state index in [0.29, 0.717) is 36.8 Å². The van der Waals surface area contributed by atoms with Gasteiger partial charge in [-0.15, -0.1) is 0 Å². The minimum Gasteiger partial charge on any atom is -0.481 e. The van der Waals surface area contributed by atoms with Gasteiger partial charge >= 0.3 is 5.97 Å². The van der Waals surface area contributed by atoms with Crippen LogP contribution in [-0.4, -0.2) is 34.1 Å². The number of amides is 1. The Morgan fingerprint density at radius 2 is 2.10 bits per heavy atom. The van der Waals surface area contributed by atoms with E-state index in [1.807, 2.05) is 6.92 Å². The van der Waals surface area contributed by atoms with E-state index in [1.54, 1.807) is 24.9 Å². The molecular formula is C15H22N2O4. The van der Waals surface area contributed by atoms with E-state index in [-0.39, 0.29) is 5.91 Å². The van der Waals surface area contributed by atoms with Crippen molar-refractivity contribution in [1.29, 1.82) is 0 Å². The summed E-state index contributed by atoms with van der Waals surface area (Å²) < 4.78 is 4.98. The van der Waals surface area contributed by atoms with Gasteiger partial charge in [0.1, 0.15) is 11.5 Å². The van der Waals surface area contributed by atoms with Crippen LogP contribution in [0.1, 0.15) is 37.6 Å². The number of hydrogen-bond donors (Lipinski definition) is 1. The van der Waals surface area contributed by atoms with E-state index in [0.717, 1.165) is 6.42 Å². The van der Waals surface area contributed by atoms with Gasteiger partial charge in [0, 0.05) is 13.1 Å². The van der Waals surface area contributed by atoms with Gasteiger partial charge in [0.2, 0.25) is 5.91 Å². The summed E-state index contributed by atoms with van der Waals surface area (Å²) in [7, 11) is 1.69. The molecule has 6 heteroatoms. The van der Waals surface area contributed by atoms with Crippen LogP contribution in [0.3, 0.4) is 0 Å². The van der Waals surface area contributed by atoms with Crippen LogP contribution in [0.5, 0.6) is 0 Å². The predicted molar refractivity (Wildman–Crippen MR) is 75.3 cm³/mol. The van der Waals surface area contributed by atoms with Crippen molar-refractivity contribution in [2.75, 3.05) is 7.05 Å². The number of aryl methyl sites for hydroxylation is 1. The maximum Gasteiger partial charge on any atom is 0.307 e. The van der Waals surface area contributed by atoms with Crippen molar-refractivity contribution < 1.29 is 19.2 Å². The Labute approximate surface area is 124 Å². The molecule has 21 heavy (non-hydrogen) atoms. The first-order chi connectivity index (χ1) is 9.92. The second-order valence-corrected chi connectivity index (χ2v) is 5.92. The molecule has 1 N–H and O–H groups in total. The predicted octanol–water partition coefficient (Wildman–Crippen LogP) is 2.08. The molecule has 116 valence electrons. The van der Waals surface area contributed by atoms with E-state index in [2.05, 4.69) is 5.16 Å². The average Bonchev–Trinajstić information content (AvgIpc) is 3.04. The number of aliphatic carboxylic acids is 1. The topological polar surface area (TPSA) is 83.6 Å². The summed E-state index contributed by atoms with van der Waals surface area (Å²) in [5, 5.41) is 13.2. The molecular weight excluding hydrogens is 272 g/mol. The van der Waals surface area contributed by atoms with Gasteiger partial charge in [-0.25, -0.2) is 0 Å². The smallest absolute Gasteiger partial charge is 0.307 e.